The summed E-state index contributed by atoms with van der Waals surface area (Å²) in [5.41, 5.74) is 5.66. The minimum atomic E-state index is -0.424. The number of rotatable bonds is 12. The Morgan fingerprint density at radius 3 is 1.02 bits per heavy atom. The molecule has 62 heavy (non-hydrogen) atoms. The number of nitrogens with zero attached hydrogens (tertiary/aromatic N) is 6. The lowest BCUT2D eigenvalue weighted by Crippen LogP contribution is -2.49. The standard InChI is InChI=1S/C50H56N6O6/c57-48(54-28-22-51(23-29-54)37-41-10-4-1-5-11-41)60-45-20-18-40(19-21-45)16-17-44-34-46(61-49(58)55-30-24-52(25-31-55)38-42-12-6-2-7-13-42)36-47(35-44)62-50(59)56-32-26-53(27-33-56)39-43-14-8-3-9-15-43/h1-15,18-21,34-36H,16-17,22-33,37-39H2. The lowest BCUT2D eigenvalue weighted by Gasteiger charge is -2.34. The van der Waals surface area contributed by atoms with Crippen LogP contribution in [0.15, 0.2) is 133 Å². The van der Waals surface area contributed by atoms with E-state index in [9.17, 15) is 14.4 Å². The molecule has 0 aromatic heterocycles. The Morgan fingerprint density at radius 2 is 0.661 bits per heavy atom. The molecular weight excluding hydrogens is 781 g/mol. The highest BCUT2D eigenvalue weighted by Gasteiger charge is 2.26. The molecule has 5 aromatic carbocycles. The van der Waals surface area contributed by atoms with Crippen molar-refractivity contribution in [1.82, 2.24) is 29.4 Å². The van der Waals surface area contributed by atoms with Crippen LogP contribution in [0.2, 0.25) is 0 Å². The van der Waals surface area contributed by atoms with E-state index in [0.717, 1.165) is 70.0 Å². The van der Waals surface area contributed by atoms with Crippen molar-refractivity contribution in [3.05, 3.63) is 161 Å². The van der Waals surface area contributed by atoms with Gasteiger partial charge in [-0.3, -0.25) is 14.7 Å². The van der Waals surface area contributed by atoms with E-state index in [1.807, 2.05) is 78.9 Å². The number of hydrogen-bond donors (Lipinski definition) is 0. The molecule has 8 rings (SSSR count). The average molecular weight is 837 g/mol. The largest absolute Gasteiger partial charge is 0.415 e. The number of ether oxygens (including phenoxy) is 3. The van der Waals surface area contributed by atoms with Crippen LogP contribution in [-0.4, -0.2) is 126 Å². The van der Waals surface area contributed by atoms with E-state index in [1.54, 1.807) is 20.8 Å². The van der Waals surface area contributed by atoms with Gasteiger partial charge >= 0.3 is 18.3 Å². The zero-order valence-electron chi connectivity index (χ0n) is 35.4. The van der Waals surface area contributed by atoms with Crippen molar-refractivity contribution in [2.75, 3.05) is 78.5 Å². The molecule has 0 saturated carbocycles. The monoisotopic (exact) mass is 836 g/mol. The Kier molecular flexibility index (Phi) is 14.4. The van der Waals surface area contributed by atoms with Crippen LogP contribution in [0.25, 0.3) is 0 Å². The van der Waals surface area contributed by atoms with Gasteiger partial charge in [0.15, 0.2) is 0 Å². The van der Waals surface area contributed by atoms with Gasteiger partial charge < -0.3 is 28.9 Å². The fraction of sp³-hybridized carbons (Fsp3) is 0.340. The van der Waals surface area contributed by atoms with E-state index < -0.39 is 12.2 Å². The summed E-state index contributed by atoms with van der Waals surface area (Å²) in [6.45, 7) is 10.6. The SMILES string of the molecule is O=C(Oc1ccc(CCc2cc(OC(=O)N3CCN(Cc4ccccc4)CC3)cc(OC(=O)N3CCN(Cc4ccccc4)CC3)c2)cc1)N1CCN(Cc2ccccc2)CC1. The first-order chi connectivity index (χ1) is 30.4. The maximum absolute atomic E-state index is 13.5. The Morgan fingerprint density at radius 1 is 0.339 bits per heavy atom. The number of piperazine rings is 3. The highest BCUT2D eigenvalue weighted by molar-refractivity contribution is 5.73. The molecule has 3 amide bonds. The maximum atomic E-state index is 13.5. The van der Waals surface area contributed by atoms with Gasteiger partial charge in [-0.25, -0.2) is 14.4 Å². The topological polar surface area (TPSA) is 98.3 Å². The van der Waals surface area contributed by atoms with Crippen LogP contribution in [0.3, 0.4) is 0 Å². The van der Waals surface area contributed by atoms with Gasteiger partial charge in [-0.1, -0.05) is 103 Å². The number of carbonyl (C=O) groups excluding carboxylic acids is 3. The van der Waals surface area contributed by atoms with Crippen molar-refractivity contribution in [2.45, 2.75) is 32.5 Å². The second-order valence-electron chi connectivity index (χ2n) is 16.3. The van der Waals surface area contributed by atoms with Crippen molar-refractivity contribution < 1.29 is 28.6 Å². The quantitative estimate of drug-likeness (QED) is 0.127. The number of aryl methyl sites for hydroxylation is 2. The predicted molar refractivity (Wildman–Crippen MR) is 238 cm³/mol. The first kappa shape index (κ1) is 42.5. The Labute approximate surface area is 364 Å². The van der Waals surface area contributed by atoms with Crippen LogP contribution in [0.1, 0.15) is 27.8 Å². The van der Waals surface area contributed by atoms with Crippen LogP contribution >= 0.6 is 0 Å². The molecule has 0 unspecified atom stereocenters. The second kappa shape index (κ2) is 21.0. The molecule has 3 saturated heterocycles. The molecule has 12 nitrogen and oxygen atoms in total. The molecule has 3 aliphatic heterocycles. The van der Waals surface area contributed by atoms with Crippen molar-refractivity contribution in [3.8, 4) is 17.2 Å². The van der Waals surface area contributed by atoms with Gasteiger partial charge in [0.2, 0.25) is 0 Å². The van der Waals surface area contributed by atoms with Crippen molar-refractivity contribution >= 4 is 18.3 Å². The third kappa shape index (κ3) is 12.2. The molecule has 0 N–H and O–H groups in total. The van der Waals surface area contributed by atoms with Crippen molar-refractivity contribution in [1.29, 1.82) is 0 Å². The molecule has 0 spiro atoms. The molecule has 5 aromatic rings. The second-order valence-corrected chi connectivity index (χ2v) is 16.3. The molecule has 0 radical (unpaired) electrons. The first-order valence-corrected chi connectivity index (χ1v) is 21.8. The van der Waals surface area contributed by atoms with Crippen molar-refractivity contribution in [2.24, 2.45) is 0 Å². The zero-order valence-corrected chi connectivity index (χ0v) is 35.4. The van der Waals surface area contributed by atoms with Gasteiger partial charge in [0.1, 0.15) is 17.2 Å². The Balaban J connectivity index is 0.861. The number of hydrogen-bond acceptors (Lipinski definition) is 9. The van der Waals surface area contributed by atoms with Gasteiger partial charge in [0.05, 0.1) is 0 Å². The molecule has 12 heteroatoms. The Hall–Kier alpha value is -6.21. The highest BCUT2D eigenvalue weighted by atomic mass is 16.6. The highest BCUT2D eigenvalue weighted by Crippen LogP contribution is 2.27. The zero-order chi connectivity index (χ0) is 42.5. The third-order valence-electron chi connectivity index (χ3n) is 11.8. The molecular formula is C50H56N6O6. The van der Waals surface area contributed by atoms with Gasteiger partial charge in [-0.15, -0.1) is 0 Å². The van der Waals surface area contributed by atoms with Gasteiger partial charge in [-0.2, -0.15) is 0 Å². The van der Waals surface area contributed by atoms with Crippen LogP contribution in [0.5, 0.6) is 17.2 Å². The first-order valence-electron chi connectivity index (χ1n) is 21.8. The third-order valence-corrected chi connectivity index (χ3v) is 11.8. The molecule has 0 bridgehead atoms. The summed E-state index contributed by atoms with van der Waals surface area (Å²) >= 11 is 0. The summed E-state index contributed by atoms with van der Waals surface area (Å²) in [6.07, 6.45) is 0.0714. The number of carbonyl (C=O) groups is 3. The molecule has 3 fully saturated rings. The van der Waals surface area contributed by atoms with Crippen molar-refractivity contribution in [3.63, 3.8) is 0 Å². The average Bonchev–Trinajstić information content (AvgIpc) is 3.30. The van der Waals surface area contributed by atoms with Crippen LogP contribution in [0.4, 0.5) is 14.4 Å². The summed E-state index contributed by atoms with van der Waals surface area (Å²) in [5, 5.41) is 0. The van der Waals surface area contributed by atoms with Crippen LogP contribution in [0, 0.1) is 0 Å². The maximum Gasteiger partial charge on any atom is 0.415 e. The van der Waals surface area contributed by atoms with Gasteiger partial charge in [0, 0.05) is 104 Å². The van der Waals surface area contributed by atoms with Crippen LogP contribution < -0.4 is 14.2 Å². The van der Waals surface area contributed by atoms with E-state index in [2.05, 4.69) is 63.2 Å². The summed E-state index contributed by atoms with van der Waals surface area (Å²) in [4.78, 5) is 52.2. The lowest BCUT2D eigenvalue weighted by molar-refractivity contribution is 0.106. The predicted octanol–water partition coefficient (Wildman–Crippen LogP) is 7.42. The van der Waals surface area contributed by atoms with Crippen LogP contribution in [-0.2, 0) is 32.5 Å². The normalized spacial score (nSPS) is 16.5. The molecule has 3 aliphatic rings. The fourth-order valence-corrected chi connectivity index (χ4v) is 8.19. The molecule has 322 valence electrons. The minimum Gasteiger partial charge on any atom is -0.410 e. The Bertz CT molecular complexity index is 2110. The van der Waals surface area contributed by atoms with Gasteiger partial charge in [-0.05, 0) is 64.9 Å². The minimum absolute atomic E-state index is 0.331. The fourth-order valence-electron chi connectivity index (χ4n) is 8.19. The number of benzene rings is 5. The number of amides is 3. The van der Waals surface area contributed by atoms with E-state index in [4.69, 9.17) is 14.2 Å². The van der Waals surface area contributed by atoms with E-state index in [-0.39, 0.29) is 6.09 Å². The van der Waals surface area contributed by atoms with E-state index >= 15 is 0 Å². The summed E-state index contributed by atoms with van der Waals surface area (Å²) < 4.78 is 17.7. The molecule has 3 heterocycles. The molecule has 0 aliphatic carbocycles. The van der Waals surface area contributed by atoms with E-state index in [0.29, 0.717) is 69.4 Å². The van der Waals surface area contributed by atoms with Gasteiger partial charge in [0.25, 0.3) is 0 Å². The summed E-state index contributed by atoms with van der Waals surface area (Å²) in [7, 11) is 0. The summed E-state index contributed by atoms with van der Waals surface area (Å²) in [5.74, 6) is 1.16. The van der Waals surface area contributed by atoms with E-state index in [1.165, 1.54) is 16.7 Å². The molecule has 0 atom stereocenters. The summed E-state index contributed by atoms with van der Waals surface area (Å²) in [6, 6.07) is 43.9. The lowest BCUT2D eigenvalue weighted by atomic mass is 10.0. The smallest absolute Gasteiger partial charge is 0.410 e.